The number of likely N-dealkylation sites (tertiary alicyclic amines) is 2. The van der Waals surface area contributed by atoms with Crippen LogP contribution < -0.4 is 15.6 Å². The summed E-state index contributed by atoms with van der Waals surface area (Å²) in [5.41, 5.74) is 11.0. The van der Waals surface area contributed by atoms with Crippen molar-refractivity contribution < 1.29 is 35.5 Å². The van der Waals surface area contributed by atoms with Crippen LogP contribution in [0.4, 0.5) is 5.69 Å². The highest BCUT2D eigenvalue weighted by molar-refractivity contribution is 5.96. The predicted octanol–water partition coefficient (Wildman–Crippen LogP) is 7.61. The van der Waals surface area contributed by atoms with Crippen molar-refractivity contribution in [1.29, 1.82) is 0 Å². The number of hydrogen-bond donors (Lipinski definition) is 2. The third-order valence-electron chi connectivity index (χ3n) is 20.1. The number of methoxy groups -OCH3 is 1. The number of anilines is 1. The van der Waals surface area contributed by atoms with Crippen LogP contribution in [0.5, 0.6) is 0 Å². The summed E-state index contributed by atoms with van der Waals surface area (Å²) in [7, 11) is 3.77. The molecule has 434 valence electrons. The molecule has 2 aromatic heterocycles. The summed E-state index contributed by atoms with van der Waals surface area (Å²) in [6.07, 6.45) is 7.03. The van der Waals surface area contributed by atoms with Crippen molar-refractivity contribution >= 4 is 40.3 Å². The van der Waals surface area contributed by atoms with Crippen LogP contribution in [0.2, 0.25) is 0 Å². The average molecular weight is 1110 g/mol. The van der Waals surface area contributed by atoms with E-state index in [-0.39, 0.29) is 54.2 Å². The zero-order valence-electron chi connectivity index (χ0n) is 53.6. The first-order chi connectivity index (χ1) is 41.1. The van der Waals surface area contributed by atoms with Crippen LogP contribution in [-0.4, -0.2) is 174 Å². The molecule has 6 bridgehead atoms. The highest BCUT2D eigenvalue weighted by Gasteiger charge is 2.59. The van der Waals surface area contributed by atoms with Crippen LogP contribution in [-0.2, 0) is 48.0 Å². The van der Waals surface area contributed by atoms with E-state index in [0.717, 1.165) is 120 Å². The van der Waals surface area contributed by atoms with E-state index in [1.54, 1.807) is 17.0 Å². The van der Waals surface area contributed by atoms with Crippen LogP contribution in [0.25, 0.3) is 33.3 Å². The van der Waals surface area contributed by atoms with Crippen molar-refractivity contribution in [1.82, 2.24) is 44.9 Å². The van der Waals surface area contributed by atoms with E-state index >= 15 is 9.59 Å². The van der Waals surface area contributed by atoms with Gasteiger partial charge in [0, 0.05) is 119 Å². The van der Waals surface area contributed by atoms with Gasteiger partial charge in [-0.05, 0) is 150 Å². The van der Waals surface area contributed by atoms with Gasteiger partial charge in [0.25, 0.3) is 5.91 Å². The Balaban J connectivity index is 0.825. The molecule has 1 unspecified atom stereocenters. The topological polar surface area (TPSA) is 148 Å². The maximum absolute atomic E-state index is 15.4. The van der Waals surface area contributed by atoms with Crippen molar-refractivity contribution in [2.75, 3.05) is 84.6 Å². The summed E-state index contributed by atoms with van der Waals surface area (Å²) in [5.74, 6) is 0.215. The number of amides is 3. The number of aryl methyl sites for hydroxylation is 1. The molecule has 13 rings (SSSR count). The molecule has 2 N–H and O–H groups in total. The molecular weight excluding hydrogens is 1020 g/mol. The number of likely N-dealkylation sites (N-methyl/N-ethyl adjacent to an activating group) is 1. The quantitative estimate of drug-likeness (QED) is 0.106. The number of pyridine rings is 1. The molecule has 1 spiro atoms. The van der Waals surface area contributed by atoms with Gasteiger partial charge in [0.2, 0.25) is 11.8 Å². The number of fused-ring (bicyclic) bond motifs is 6. The van der Waals surface area contributed by atoms with Crippen molar-refractivity contribution in [2.24, 2.45) is 22.7 Å². The van der Waals surface area contributed by atoms with E-state index in [1.807, 2.05) is 25.3 Å². The van der Waals surface area contributed by atoms with Crippen LogP contribution in [0.3, 0.4) is 0 Å². The number of cyclic esters (lactones) is 1. The van der Waals surface area contributed by atoms with Crippen LogP contribution in [0.15, 0.2) is 54.7 Å². The summed E-state index contributed by atoms with van der Waals surface area (Å²) in [6, 6.07) is 13.3. The molecule has 8 fully saturated rings. The molecule has 6 aliphatic heterocycles. The van der Waals surface area contributed by atoms with E-state index in [0.29, 0.717) is 70.5 Å². The van der Waals surface area contributed by atoms with Crippen LogP contribution >= 0.6 is 0 Å². The standard InChI is InChI=1S/C65H88N10O6/c1-7-74-54-22-19-46-34-49(54)51(58(74)50-35-48(37-66-55(50)41(2)80-6)71-30-28-70(29-31-71)47-20-21-47)36-64(3,4)40-81-63(79)52-16-11-25-75(68-52)61(77)53(33-42-12-10-15-45(46)32-42)67-60(76)57(43-13-8-9-14-43)72-26-23-65(38-72)24-27-73(39-65)62(78)59-56(69(59)5)44-17-18-44/h10,12,15,19,22,32,34-35,37,41,43-44,47,52-53,56-57,59,68H,7-9,11,13-14,16-18,20-21,23-31,33,36,38-40H2,1-6H3,(H,67,76)/t41-,52-,53-,56+,57-,59+,65-,69?/m0/s1/i20D2,21D2,47D. The minimum absolute atomic E-state index is 0.00605. The zero-order chi connectivity index (χ0) is 60.4. The van der Waals surface area contributed by atoms with Gasteiger partial charge in [-0.1, -0.05) is 57.0 Å². The third-order valence-corrected chi connectivity index (χ3v) is 20.1. The molecule has 9 aliphatic rings. The molecule has 3 saturated carbocycles. The molecule has 2 aromatic carbocycles. The number of aromatic nitrogens is 2. The van der Waals surface area contributed by atoms with E-state index in [1.165, 1.54) is 12.8 Å². The lowest BCUT2D eigenvalue weighted by atomic mass is 9.84. The monoisotopic (exact) mass is 1110 g/mol. The number of benzene rings is 2. The molecule has 81 heavy (non-hydrogen) atoms. The van der Waals surface area contributed by atoms with Gasteiger partial charge >= 0.3 is 5.97 Å². The average Bonchev–Trinajstić information content (AvgIpc) is 1.50. The Morgan fingerprint density at radius 3 is 2.47 bits per heavy atom. The molecule has 5 saturated heterocycles. The summed E-state index contributed by atoms with van der Waals surface area (Å²) >= 11 is 0. The largest absolute Gasteiger partial charge is 0.464 e. The Morgan fingerprint density at radius 2 is 1.72 bits per heavy atom. The molecule has 8 heterocycles. The van der Waals surface area contributed by atoms with Crippen LogP contribution in [0, 0.1) is 22.7 Å². The number of carbonyl (C=O) groups is 4. The highest BCUT2D eigenvalue weighted by Crippen LogP contribution is 2.49. The highest BCUT2D eigenvalue weighted by atomic mass is 16.5. The molecule has 3 aliphatic carbocycles. The first-order valence-electron chi connectivity index (χ1n) is 33.1. The molecule has 8 atom stereocenters. The fourth-order valence-corrected chi connectivity index (χ4v) is 15.3. The number of rotatable bonds is 12. The van der Waals surface area contributed by atoms with Gasteiger partial charge < -0.3 is 29.2 Å². The Hall–Kier alpha value is -5.39. The van der Waals surface area contributed by atoms with Crippen LogP contribution in [0.1, 0.15) is 134 Å². The number of esters is 1. The lowest BCUT2D eigenvalue weighted by Gasteiger charge is -2.37. The van der Waals surface area contributed by atoms with Gasteiger partial charge in [0.15, 0.2) is 0 Å². The number of piperazine rings is 1. The zero-order valence-corrected chi connectivity index (χ0v) is 48.6. The SMILES string of the molecule is [2H]C1([2H])C([2H])([2H])C1([2H])N1CCN(c2cnc([C@H](C)OC)c(-c3c4c5cc(ccc5n3CC)-c3cccc(c3)C[C@H](NC(=O)[C@H](C3CCCC3)N3CC[C@]5(CCN(C(=O)[C@H]6[C@@H](C7CC7)N6C)C5)C3)C(=O)N3CCC[C@H](N3)C(=O)OCC(C)(C)C4)c2)CC1. The lowest BCUT2D eigenvalue weighted by molar-refractivity contribution is -0.155. The van der Waals surface area contributed by atoms with Gasteiger partial charge in [0.1, 0.15) is 18.1 Å². The molecule has 16 nitrogen and oxygen atoms in total. The van der Waals surface area contributed by atoms with E-state index in [4.69, 9.17) is 21.3 Å². The maximum atomic E-state index is 15.4. The van der Waals surface area contributed by atoms with Gasteiger partial charge in [0.05, 0.1) is 42.0 Å². The Bertz CT molecular complexity index is 3290. The summed E-state index contributed by atoms with van der Waals surface area (Å²) in [4.78, 5) is 74.6. The number of nitrogens with zero attached hydrogens (tertiary/aromatic N) is 8. The van der Waals surface area contributed by atoms with Gasteiger partial charge in [-0.15, -0.1) is 0 Å². The van der Waals surface area contributed by atoms with Gasteiger partial charge in [-0.3, -0.25) is 43.9 Å². The predicted molar refractivity (Wildman–Crippen MR) is 314 cm³/mol. The van der Waals surface area contributed by atoms with E-state index < -0.39 is 48.3 Å². The lowest BCUT2D eigenvalue weighted by Crippen LogP contribution is -2.62. The normalized spacial score (nSPS) is 31.9. The second-order valence-corrected chi connectivity index (χ2v) is 26.3. The Kier molecular flexibility index (Phi) is 13.3. The minimum atomic E-state index is -2.27. The Labute approximate surface area is 486 Å². The second-order valence-electron chi connectivity index (χ2n) is 26.3. The smallest absolute Gasteiger partial charge is 0.324 e. The fraction of sp³-hybridized carbons (Fsp3) is 0.646. The molecule has 16 heteroatoms. The van der Waals surface area contributed by atoms with Gasteiger partial charge in [-0.25, -0.2) is 5.43 Å². The number of carbonyl (C=O) groups excluding carboxylic acids is 4. The summed E-state index contributed by atoms with van der Waals surface area (Å²) < 4.78 is 56.8. The van der Waals surface area contributed by atoms with Crippen molar-refractivity contribution in [2.45, 2.75) is 166 Å². The molecule has 0 radical (unpaired) electrons. The second kappa shape index (κ2) is 22.0. The van der Waals surface area contributed by atoms with Crippen molar-refractivity contribution in [3.8, 4) is 22.4 Å². The van der Waals surface area contributed by atoms with Gasteiger partial charge in [-0.2, -0.15) is 0 Å². The maximum Gasteiger partial charge on any atom is 0.324 e. The van der Waals surface area contributed by atoms with E-state index in [2.05, 4.69) is 99.1 Å². The first-order valence-corrected chi connectivity index (χ1v) is 30.6. The number of hydrazine groups is 1. The van der Waals surface area contributed by atoms with E-state index in [9.17, 15) is 9.59 Å². The number of hydrogen-bond acceptors (Lipinski definition) is 12. The summed E-state index contributed by atoms with van der Waals surface area (Å²) in [6.45, 7) is 14.0. The summed E-state index contributed by atoms with van der Waals surface area (Å²) in [5, 5.41) is 5.97. The van der Waals surface area contributed by atoms with Crippen molar-refractivity contribution in [3.63, 3.8) is 0 Å². The minimum Gasteiger partial charge on any atom is -0.464 e. The van der Waals surface area contributed by atoms with Crippen molar-refractivity contribution in [3.05, 3.63) is 71.5 Å². The third kappa shape index (κ3) is 10.8. The molecule has 3 amide bonds. The first kappa shape index (κ1) is 49.1. The number of ether oxygens (including phenoxy) is 2. The Morgan fingerprint density at radius 1 is 0.938 bits per heavy atom. The molecular formula is C65H88N10O6. The fourth-order valence-electron chi connectivity index (χ4n) is 15.3. The molecule has 4 aromatic rings. The number of nitrogens with one attached hydrogen (secondary N) is 2.